The van der Waals surface area contributed by atoms with Gasteiger partial charge in [-0.2, -0.15) is 13.2 Å². The Morgan fingerprint density at radius 2 is 1.84 bits per heavy atom. The SMILES string of the molecule is CC(C)c1ncccc1-c1ncc2[nH]c(=O)n(Cc3ccc(C4(C)NC(C(F)(F)F)=CN4C)cc3)c2n1. The van der Waals surface area contributed by atoms with Crippen molar-refractivity contribution in [3.8, 4) is 11.4 Å². The third kappa shape index (κ3) is 4.34. The van der Waals surface area contributed by atoms with E-state index < -0.39 is 17.5 Å². The van der Waals surface area contributed by atoms with Crippen molar-refractivity contribution in [3.63, 3.8) is 0 Å². The summed E-state index contributed by atoms with van der Waals surface area (Å²) in [5, 5.41) is 2.59. The lowest BCUT2D eigenvalue weighted by atomic mass is 9.99. The second-order valence-corrected chi connectivity index (χ2v) is 9.58. The first-order valence-corrected chi connectivity index (χ1v) is 11.8. The van der Waals surface area contributed by atoms with Crippen molar-refractivity contribution < 1.29 is 13.2 Å². The number of aromatic amines is 1. The fraction of sp³-hybridized carbons (Fsp3) is 0.308. The Morgan fingerprint density at radius 1 is 1.11 bits per heavy atom. The first-order valence-electron chi connectivity index (χ1n) is 11.8. The van der Waals surface area contributed by atoms with Crippen LogP contribution in [0.15, 0.2) is 65.5 Å². The lowest BCUT2D eigenvalue weighted by Crippen LogP contribution is -2.45. The minimum absolute atomic E-state index is 0.167. The Balaban J connectivity index is 1.45. The zero-order chi connectivity index (χ0) is 26.5. The van der Waals surface area contributed by atoms with Crippen molar-refractivity contribution in [1.29, 1.82) is 0 Å². The van der Waals surface area contributed by atoms with Crippen LogP contribution in [0.5, 0.6) is 0 Å². The highest BCUT2D eigenvalue weighted by molar-refractivity contribution is 5.73. The molecule has 0 amide bonds. The zero-order valence-electron chi connectivity index (χ0n) is 20.8. The van der Waals surface area contributed by atoms with E-state index in [1.807, 2.05) is 26.0 Å². The molecule has 1 aliphatic rings. The number of nitrogens with zero attached hydrogens (tertiary/aromatic N) is 5. The fourth-order valence-electron chi connectivity index (χ4n) is 4.53. The molecule has 0 fully saturated rings. The topological polar surface area (TPSA) is 91.7 Å². The van der Waals surface area contributed by atoms with Crippen LogP contribution in [0.2, 0.25) is 0 Å². The molecule has 1 atom stereocenters. The van der Waals surface area contributed by atoms with Gasteiger partial charge in [0.2, 0.25) is 0 Å². The first-order chi connectivity index (χ1) is 17.5. The maximum absolute atomic E-state index is 13.2. The minimum Gasteiger partial charge on any atom is -0.354 e. The monoisotopic (exact) mass is 509 g/mol. The average Bonchev–Trinajstić information content (AvgIpc) is 3.35. The molecular formula is C26H26F3N7O. The molecule has 2 N–H and O–H groups in total. The van der Waals surface area contributed by atoms with Crippen LogP contribution >= 0.6 is 0 Å². The van der Waals surface area contributed by atoms with Gasteiger partial charge < -0.3 is 15.2 Å². The number of hydrogen-bond acceptors (Lipinski definition) is 6. The van der Waals surface area contributed by atoms with Gasteiger partial charge in [0, 0.05) is 25.0 Å². The van der Waals surface area contributed by atoms with E-state index in [1.165, 1.54) is 9.47 Å². The first kappa shape index (κ1) is 24.5. The van der Waals surface area contributed by atoms with Gasteiger partial charge in [0.15, 0.2) is 11.5 Å². The number of allylic oxidation sites excluding steroid dienone is 1. The van der Waals surface area contributed by atoms with Gasteiger partial charge >= 0.3 is 11.9 Å². The molecule has 3 aromatic heterocycles. The lowest BCUT2D eigenvalue weighted by Gasteiger charge is -2.34. The summed E-state index contributed by atoms with van der Waals surface area (Å²) in [5.41, 5.74) is 1.91. The summed E-state index contributed by atoms with van der Waals surface area (Å²) in [5.74, 6) is 0.642. The number of benzene rings is 1. The molecule has 0 bridgehead atoms. The molecule has 11 heteroatoms. The normalized spacial score (nSPS) is 17.9. The Hall–Kier alpha value is -4.15. The molecule has 0 radical (unpaired) electrons. The van der Waals surface area contributed by atoms with E-state index in [-0.39, 0.29) is 18.2 Å². The van der Waals surface area contributed by atoms with Gasteiger partial charge in [0.05, 0.1) is 18.4 Å². The van der Waals surface area contributed by atoms with Crippen LogP contribution in [-0.4, -0.2) is 42.6 Å². The summed E-state index contributed by atoms with van der Waals surface area (Å²) < 4.78 is 41.2. The molecule has 4 aromatic rings. The minimum atomic E-state index is -4.46. The number of nitrogens with one attached hydrogen (secondary N) is 2. The van der Waals surface area contributed by atoms with E-state index in [0.717, 1.165) is 23.0 Å². The summed E-state index contributed by atoms with van der Waals surface area (Å²) in [7, 11) is 1.59. The molecule has 0 saturated carbocycles. The maximum atomic E-state index is 13.2. The van der Waals surface area contributed by atoms with Crippen LogP contribution in [0, 0.1) is 0 Å². The Morgan fingerprint density at radius 3 is 2.49 bits per heavy atom. The van der Waals surface area contributed by atoms with Gasteiger partial charge in [0.1, 0.15) is 16.9 Å². The van der Waals surface area contributed by atoms with E-state index in [9.17, 15) is 18.0 Å². The van der Waals surface area contributed by atoms with Gasteiger partial charge in [0.25, 0.3) is 0 Å². The number of fused-ring (bicyclic) bond motifs is 1. The van der Waals surface area contributed by atoms with Crippen molar-refractivity contribution in [2.75, 3.05) is 7.05 Å². The number of alkyl halides is 3. The maximum Gasteiger partial charge on any atom is 0.432 e. The van der Waals surface area contributed by atoms with E-state index in [4.69, 9.17) is 0 Å². The molecule has 37 heavy (non-hydrogen) atoms. The predicted octanol–water partition coefficient (Wildman–Crippen LogP) is 4.46. The standard InChI is InChI=1S/C26H26F3N7O/c1-15(2)21-18(6-5-11-30-21)22-31-12-19-23(33-22)36(24(37)32-19)13-16-7-9-17(10-8-16)25(3)34-20(14-35(25)4)26(27,28)29/h5-12,14-15,34H,13H2,1-4H3,(H,32,37). The van der Waals surface area contributed by atoms with Gasteiger partial charge in [-0.05, 0) is 36.1 Å². The number of halogens is 3. The van der Waals surface area contributed by atoms with Crippen molar-refractivity contribution in [2.45, 2.75) is 45.1 Å². The number of H-pyrrole nitrogens is 1. The highest BCUT2D eigenvalue weighted by atomic mass is 19.4. The molecule has 1 aromatic carbocycles. The number of pyridine rings is 1. The molecule has 0 aliphatic carbocycles. The second-order valence-electron chi connectivity index (χ2n) is 9.58. The quantitative estimate of drug-likeness (QED) is 0.413. The molecular weight excluding hydrogens is 483 g/mol. The van der Waals surface area contributed by atoms with E-state index >= 15 is 0 Å². The number of aromatic nitrogens is 5. The number of rotatable bonds is 5. The highest BCUT2D eigenvalue weighted by Gasteiger charge is 2.45. The van der Waals surface area contributed by atoms with Gasteiger partial charge in [-0.3, -0.25) is 9.55 Å². The van der Waals surface area contributed by atoms with Crippen molar-refractivity contribution in [1.82, 2.24) is 34.7 Å². The smallest absolute Gasteiger partial charge is 0.354 e. The van der Waals surface area contributed by atoms with Gasteiger partial charge in [-0.15, -0.1) is 0 Å². The fourth-order valence-corrected chi connectivity index (χ4v) is 4.53. The van der Waals surface area contributed by atoms with Crippen LogP contribution in [0.25, 0.3) is 22.6 Å². The summed E-state index contributed by atoms with van der Waals surface area (Å²) in [6.07, 6.45) is -0.0887. The molecule has 0 spiro atoms. The molecule has 4 heterocycles. The van der Waals surface area contributed by atoms with Crippen LogP contribution in [0.4, 0.5) is 13.2 Å². The Labute approximate surface area is 210 Å². The van der Waals surface area contributed by atoms with Crippen molar-refractivity contribution >= 4 is 11.2 Å². The molecule has 192 valence electrons. The predicted molar refractivity (Wildman–Crippen MR) is 133 cm³/mol. The Kier molecular flexibility index (Phi) is 5.81. The third-order valence-corrected chi connectivity index (χ3v) is 6.71. The number of hydrogen-bond donors (Lipinski definition) is 2. The van der Waals surface area contributed by atoms with Gasteiger partial charge in [-0.1, -0.05) is 38.1 Å². The summed E-state index contributed by atoms with van der Waals surface area (Å²) in [6.45, 7) is 5.99. The second kappa shape index (κ2) is 8.75. The molecule has 1 aliphatic heterocycles. The van der Waals surface area contributed by atoms with Crippen LogP contribution in [-0.2, 0) is 12.2 Å². The molecule has 8 nitrogen and oxygen atoms in total. The summed E-state index contributed by atoms with van der Waals surface area (Å²) >= 11 is 0. The average molecular weight is 510 g/mol. The molecule has 5 rings (SSSR count). The largest absolute Gasteiger partial charge is 0.432 e. The third-order valence-electron chi connectivity index (χ3n) is 6.71. The van der Waals surface area contributed by atoms with E-state index in [1.54, 1.807) is 50.6 Å². The van der Waals surface area contributed by atoms with Gasteiger partial charge in [-0.25, -0.2) is 14.8 Å². The van der Waals surface area contributed by atoms with Crippen molar-refractivity contribution in [3.05, 3.63) is 88.0 Å². The highest BCUT2D eigenvalue weighted by Crippen LogP contribution is 2.37. The zero-order valence-corrected chi connectivity index (χ0v) is 20.8. The lowest BCUT2D eigenvalue weighted by molar-refractivity contribution is -0.0977. The van der Waals surface area contributed by atoms with Crippen LogP contribution < -0.4 is 11.0 Å². The molecule has 1 unspecified atom stereocenters. The van der Waals surface area contributed by atoms with Crippen molar-refractivity contribution in [2.24, 2.45) is 0 Å². The van der Waals surface area contributed by atoms with E-state index in [0.29, 0.717) is 22.6 Å². The summed E-state index contributed by atoms with van der Waals surface area (Å²) in [6, 6.07) is 10.9. The molecule has 0 saturated heterocycles. The Bertz CT molecular complexity index is 1550. The summed E-state index contributed by atoms with van der Waals surface area (Å²) in [4.78, 5) is 30.6. The van der Waals surface area contributed by atoms with E-state index in [2.05, 4.69) is 25.3 Å². The number of imidazole rings is 1. The van der Waals surface area contributed by atoms with Crippen LogP contribution in [0.3, 0.4) is 0 Å². The van der Waals surface area contributed by atoms with Crippen LogP contribution in [0.1, 0.15) is 43.5 Å².